The van der Waals surface area contributed by atoms with Gasteiger partial charge < -0.3 is 15.5 Å². The molecular weight excluding hydrogens is 407 g/mol. The molecule has 1 aromatic carbocycles. The number of hydrogen-bond acceptors (Lipinski definition) is 6. The number of aryl methyl sites for hydroxylation is 1. The van der Waals surface area contributed by atoms with Crippen LogP contribution in [-0.4, -0.2) is 35.0 Å². The van der Waals surface area contributed by atoms with Gasteiger partial charge in [-0.1, -0.05) is 13.3 Å². The Kier molecular flexibility index (Phi) is 8.36. The van der Waals surface area contributed by atoms with Crippen molar-refractivity contribution in [3.05, 3.63) is 41.3 Å². The molecule has 0 bridgehead atoms. The number of halogens is 2. The number of hydrogen-bond donors (Lipinski definition) is 2. The molecule has 2 N–H and O–H groups in total. The summed E-state index contributed by atoms with van der Waals surface area (Å²) in [4.78, 5) is 22.7. The summed E-state index contributed by atoms with van der Waals surface area (Å²) < 4.78 is 13.6. The summed E-state index contributed by atoms with van der Waals surface area (Å²) in [5, 5.41) is 15.1. The quantitative estimate of drug-likeness (QED) is 0.692. The van der Waals surface area contributed by atoms with E-state index >= 15 is 0 Å². The largest absolute Gasteiger partial charge is 0.354 e. The zero-order valence-corrected chi connectivity index (χ0v) is 17.9. The number of amides is 1. The smallest absolute Gasteiger partial charge is 0.229 e. The number of unbranched alkanes of at least 4 members (excludes halogenated alkanes) is 1. The fourth-order valence-corrected chi connectivity index (χ4v) is 3.38. The van der Waals surface area contributed by atoms with E-state index in [1.165, 1.54) is 19.1 Å². The van der Waals surface area contributed by atoms with Crippen molar-refractivity contribution in [2.75, 3.05) is 23.3 Å². The van der Waals surface area contributed by atoms with Crippen molar-refractivity contribution in [3.63, 3.8) is 0 Å². The summed E-state index contributed by atoms with van der Waals surface area (Å²) in [5.41, 5.74) is 1.44. The van der Waals surface area contributed by atoms with E-state index in [2.05, 4.69) is 32.4 Å². The number of nitrogens with zero attached hydrogens (tertiary/aromatic N) is 4. The minimum atomic E-state index is -0.558. The Labute approximate surface area is 182 Å². The molecule has 1 aromatic heterocycles. The molecular formula is C21H26ClFN6O. The van der Waals surface area contributed by atoms with Crippen LogP contribution in [0.3, 0.4) is 0 Å². The average Bonchev–Trinajstić information content (AvgIpc) is 3.15. The molecule has 2 heterocycles. The van der Waals surface area contributed by atoms with Crippen molar-refractivity contribution < 1.29 is 9.18 Å². The first-order valence-corrected chi connectivity index (χ1v) is 9.85. The maximum Gasteiger partial charge on any atom is 0.229 e. The molecule has 1 saturated heterocycles. The van der Waals surface area contributed by atoms with Crippen LogP contribution in [0.25, 0.3) is 0 Å². The van der Waals surface area contributed by atoms with Crippen molar-refractivity contribution in [2.45, 2.75) is 45.6 Å². The molecule has 0 aliphatic carbocycles. The summed E-state index contributed by atoms with van der Waals surface area (Å²) in [7, 11) is 0. The van der Waals surface area contributed by atoms with Gasteiger partial charge in [-0.05, 0) is 37.5 Å². The van der Waals surface area contributed by atoms with Crippen LogP contribution in [0.5, 0.6) is 0 Å². The standard InChI is InChI=1S/C21H25FN6O.ClH/c1-3-4-5-16-11-20(28-9-8-18(13-28)24-14(2)29)27-21(25-16)26-17-6-7-19(22)15(10-17)12-23;/h6-7,10-11,18H,3-5,8-9,13H2,1-2H3,(H,24,29)(H,25,26,27);1H/t18-;/m0./s1. The Morgan fingerprint density at radius 3 is 2.87 bits per heavy atom. The molecule has 1 fully saturated rings. The first kappa shape index (κ1) is 23.4. The van der Waals surface area contributed by atoms with Gasteiger partial charge in [0.05, 0.1) is 5.56 Å². The molecule has 0 spiro atoms. The van der Waals surface area contributed by atoms with Gasteiger partial charge in [-0.15, -0.1) is 12.4 Å². The average molecular weight is 433 g/mol. The van der Waals surface area contributed by atoms with Crippen molar-refractivity contribution in [2.24, 2.45) is 0 Å². The van der Waals surface area contributed by atoms with Crippen LogP contribution in [0.1, 0.15) is 44.4 Å². The van der Waals surface area contributed by atoms with Gasteiger partial charge in [-0.2, -0.15) is 10.2 Å². The van der Waals surface area contributed by atoms with E-state index in [0.717, 1.165) is 43.7 Å². The highest BCUT2D eigenvalue weighted by atomic mass is 35.5. The summed E-state index contributed by atoms with van der Waals surface area (Å²) in [6, 6.07) is 8.18. The van der Waals surface area contributed by atoms with E-state index in [-0.39, 0.29) is 29.9 Å². The van der Waals surface area contributed by atoms with E-state index in [1.807, 2.05) is 12.1 Å². The van der Waals surface area contributed by atoms with Crippen LogP contribution in [0.15, 0.2) is 24.3 Å². The van der Waals surface area contributed by atoms with Crippen molar-refractivity contribution >= 4 is 35.8 Å². The van der Waals surface area contributed by atoms with Crippen LogP contribution >= 0.6 is 12.4 Å². The highest BCUT2D eigenvalue weighted by molar-refractivity contribution is 5.85. The molecule has 1 aliphatic heterocycles. The minimum Gasteiger partial charge on any atom is -0.354 e. The zero-order chi connectivity index (χ0) is 20.8. The second-order valence-corrected chi connectivity index (χ2v) is 7.21. The number of nitriles is 1. The molecule has 1 aliphatic rings. The van der Waals surface area contributed by atoms with E-state index in [4.69, 9.17) is 5.26 Å². The first-order valence-electron chi connectivity index (χ1n) is 9.85. The highest BCUT2D eigenvalue weighted by Crippen LogP contribution is 2.24. The third-order valence-corrected chi connectivity index (χ3v) is 4.81. The number of carbonyl (C=O) groups is 1. The molecule has 0 radical (unpaired) electrons. The number of anilines is 3. The highest BCUT2D eigenvalue weighted by Gasteiger charge is 2.25. The van der Waals surface area contributed by atoms with Crippen molar-refractivity contribution in [1.82, 2.24) is 15.3 Å². The van der Waals surface area contributed by atoms with Crippen molar-refractivity contribution in [1.29, 1.82) is 5.26 Å². The summed E-state index contributed by atoms with van der Waals surface area (Å²) in [6.45, 7) is 5.14. The van der Waals surface area contributed by atoms with Crippen LogP contribution < -0.4 is 15.5 Å². The topological polar surface area (TPSA) is 93.9 Å². The third kappa shape index (κ3) is 6.04. The first-order chi connectivity index (χ1) is 14.0. The van der Waals surface area contributed by atoms with Gasteiger partial charge in [0.15, 0.2) is 0 Å². The van der Waals surface area contributed by atoms with E-state index < -0.39 is 5.82 Å². The summed E-state index contributed by atoms with van der Waals surface area (Å²) >= 11 is 0. The number of rotatable bonds is 7. The van der Waals surface area contributed by atoms with Crippen LogP contribution in [0.4, 0.5) is 21.8 Å². The predicted octanol–water partition coefficient (Wildman–Crippen LogP) is 3.71. The Hall–Kier alpha value is -2.92. The third-order valence-electron chi connectivity index (χ3n) is 4.81. The maximum absolute atomic E-state index is 13.6. The molecule has 3 rings (SSSR count). The lowest BCUT2D eigenvalue weighted by Gasteiger charge is -2.19. The molecule has 0 saturated carbocycles. The van der Waals surface area contributed by atoms with Crippen LogP contribution in [0.2, 0.25) is 0 Å². The second-order valence-electron chi connectivity index (χ2n) is 7.21. The van der Waals surface area contributed by atoms with Crippen molar-refractivity contribution in [3.8, 4) is 6.07 Å². The number of carbonyl (C=O) groups excluding carboxylic acids is 1. The summed E-state index contributed by atoms with van der Waals surface area (Å²) in [6.07, 6.45) is 3.76. The summed E-state index contributed by atoms with van der Waals surface area (Å²) in [5.74, 6) is 0.615. The maximum atomic E-state index is 13.6. The molecule has 2 aromatic rings. The monoisotopic (exact) mass is 432 g/mol. The Morgan fingerprint density at radius 1 is 1.37 bits per heavy atom. The van der Waals surface area contributed by atoms with Gasteiger partial charge in [-0.25, -0.2) is 9.37 Å². The lowest BCUT2D eigenvalue weighted by atomic mass is 10.2. The van der Waals surface area contributed by atoms with Gasteiger partial charge in [0, 0.05) is 43.5 Å². The lowest BCUT2D eigenvalue weighted by Crippen LogP contribution is -2.35. The zero-order valence-electron chi connectivity index (χ0n) is 17.1. The Balaban J connectivity index is 0.00000320. The molecule has 1 atom stereocenters. The molecule has 0 unspecified atom stereocenters. The molecule has 7 nitrogen and oxygen atoms in total. The molecule has 9 heteroatoms. The van der Waals surface area contributed by atoms with Crippen LogP contribution in [0, 0.1) is 17.1 Å². The second kappa shape index (κ2) is 10.7. The number of benzene rings is 1. The van der Waals surface area contributed by atoms with E-state index in [9.17, 15) is 9.18 Å². The predicted molar refractivity (Wildman–Crippen MR) is 117 cm³/mol. The lowest BCUT2D eigenvalue weighted by molar-refractivity contribution is -0.119. The van der Waals surface area contributed by atoms with Gasteiger partial charge in [0.25, 0.3) is 0 Å². The Bertz CT molecular complexity index is 932. The van der Waals surface area contributed by atoms with Gasteiger partial charge in [0.2, 0.25) is 11.9 Å². The van der Waals surface area contributed by atoms with Gasteiger partial charge in [0.1, 0.15) is 17.7 Å². The number of aromatic nitrogens is 2. The SMILES string of the molecule is CCCCc1cc(N2CC[C@H](NC(C)=O)C2)nc(Nc2ccc(F)c(C#N)c2)n1.Cl. The van der Waals surface area contributed by atoms with Gasteiger partial charge in [-0.3, -0.25) is 4.79 Å². The minimum absolute atomic E-state index is 0. The van der Waals surface area contributed by atoms with Gasteiger partial charge >= 0.3 is 0 Å². The fourth-order valence-electron chi connectivity index (χ4n) is 3.38. The van der Waals surface area contributed by atoms with Crippen LogP contribution in [-0.2, 0) is 11.2 Å². The molecule has 30 heavy (non-hydrogen) atoms. The molecule has 1 amide bonds. The van der Waals surface area contributed by atoms with E-state index in [0.29, 0.717) is 18.2 Å². The number of nitrogens with one attached hydrogen (secondary N) is 2. The normalized spacial score (nSPS) is 15.3. The fraction of sp³-hybridized carbons (Fsp3) is 0.429. The molecule has 160 valence electrons. The Morgan fingerprint density at radius 2 is 2.17 bits per heavy atom. The van der Waals surface area contributed by atoms with E-state index in [1.54, 1.807) is 6.07 Å².